The van der Waals surface area contributed by atoms with Crippen LogP contribution < -0.4 is 0 Å². The van der Waals surface area contributed by atoms with Crippen molar-refractivity contribution in [2.24, 2.45) is 0 Å². The van der Waals surface area contributed by atoms with E-state index in [-0.39, 0.29) is 38.6 Å². The number of hydrogen-bond donors (Lipinski definition) is 0. The first kappa shape index (κ1) is 13.7. The Morgan fingerprint density at radius 1 is 1.57 bits per heavy atom. The molecule has 0 aliphatic heterocycles. The molecule has 0 aromatic carbocycles. The van der Waals surface area contributed by atoms with Crippen LogP contribution in [-0.4, -0.2) is 29.9 Å². The molecule has 1 aromatic heterocycles. The van der Waals surface area contributed by atoms with Crippen molar-refractivity contribution in [3.8, 4) is 0 Å². The molecule has 1 heterocycles. The fourth-order valence-electron chi connectivity index (χ4n) is 0.861. The van der Waals surface area contributed by atoms with E-state index < -0.39 is 0 Å². The Kier molecular flexibility index (Phi) is 6.13. The van der Waals surface area contributed by atoms with Crippen LogP contribution in [0, 0.1) is 13.0 Å². The van der Waals surface area contributed by atoms with Gasteiger partial charge < -0.3 is 9.88 Å². The Hall–Kier alpha value is -0.276. The standard InChI is InChI=1S/C10H13N2O.Y/c1-8-4-5-9(11-7-8)6-10(13)12(2)3;/h5,7H,6H2,1-3H3;/q-1;. The predicted molar refractivity (Wildman–Crippen MR) is 50.2 cm³/mol. The van der Waals surface area contributed by atoms with Gasteiger partial charge in [-0.25, -0.2) is 0 Å². The molecule has 1 rings (SSSR count). The van der Waals surface area contributed by atoms with Gasteiger partial charge in [0, 0.05) is 53.2 Å². The third kappa shape index (κ3) is 4.29. The molecule has 1 amide bonds. The molecule has 0 saturated heterocycles. The van der Waals surface area contributed by atoms with Gasteiger partial charge >= 0.3 is 0 Å². The monoisotopic (exact) mass is 266 g/mol. The zero-order valence-corrected chi connectivity index (χ0v) is 11.6. The maximum Gasteiger partial charge on any atom is 0.216 e. The largest absolute Gasteiger partial charge is 0.387 e. The number of nitrogens with zero attached hydrogens (tertiary/aromatic N) is 2. The summed E-state index contributed by atoms with van der Waals surface area (Å²) >= 11 is 0. The minimum Gasteiger partial charge on any atom is -0.387 e. The van der Waals surface area contributed by atoms with Crippen molar-refractivity contribution in [3.05, 3.63) is 29.6 Å². The van der Waals surface area contributed by atoms with E-state index in [4.69, 9.17) is 0 Å². The van der Waals surface area contributed by atoms with Gasteiger partial charge in [0.1, 0.15) is 0 Å². The van der Waals surface area contributed by atoms with E-state index in [0.717, 1.165) is 11.3 Å². The number of carbonyl (C=O) groups excluding carboxylic acids is 1. The molecule has 14 heavy (non-hydrogen) atoms. The summed E-state index contributed by atoms with van der Waals surface area (Å²) in [5.74, 6) is 0.0600. The van der Waals surface area contributed by atoms with Crippen LogP contribution in [-0.2, 0) is 43.9 Å². The van der Waals surface area contributed by atoms with Crippen molar-refractivity contribution < 1.29 is 37.5 Å². The molecule has 3 nitrogen and oxygen atoms in total. The molecular formula is C10H13N2OY-. The van der Waals surface area contributed by atoms with Crippen molar-refractivity contribution in [1.82, 2.24) is 9.88 Å². The van der Waals surface area contributed by atoms with E-state index >= 15 is 0 Å². The summed E-state index contributed by atoms with van der Waals surface area (Å²) in [6.07, 6.45) is 2.07. The number of hydrogen-bond acceptors (Lipinski definition) is 2. The molecule has 0 fully saturated rings. The zero-order chi connectivity index (χ0) is 9.84. The molecule has 73 valence electrons. The first-order valence-corrected chi connectivity index (χ1v) is 4.13. The van der Waals surface area contributed by atoms with Gasteiger partial charge in [0.05, 0.1) is 0 Å². The van der Waals surface area contributed by atoms with Gasteiger partial charge in [-0.15, -0.1) is 5.56 Å². The SMILES string of the molecule is Cc1[c-]cc(CC(=O)N(C)C)nc1.[Y]. The van der Waals surface area contributed by atoms with Crippen LogP contribution in [0.1, 0.15) is 11.3 Å². The molecule has 4 heteroatoms. The van der Waals surface area contributed by atoms with Gasteiger partial charge in [0.25, 0.3) is 0 Å². The summed E-state index contributed by atoms with van der Waals surface area (Å²) in [4.78, 5) is 16.9. The van der Waals surface area contributed by atoms with Crippen LogP contribution in [0.4, 0.5) is 0 Å². The van der Waals surface area contributed by atoms with Crippen LogP contribution >= 0.6 is 0 Å². The average Bonchev–Trinajstić information content (AvgIpc) is 2.08. The summed E-state index contributed by atoms with van der Waals surface area (Å²) in [6.45, 7) is 1.92. The van der Waals surface area contributed by atoms with Gasteiger partial charge in [-0.05, 0) is 0 Å². The van der Waals surface area contributed by atoms with Gasteiger partial charge in [-0.2, -0.15) is 12.1 Å². The van der Waals surface area contributed by atoms with Crippen LogP contribution in [0.2, 0.25) is 0 Å². The fourth-order valence-corrected chi connectivity index (χ4v) is 0.861. The number of carbonyl (C=O) groups is 1. The summed E-state index contributed by atoms with van der Waals surface area (Å²) in [7, 11) is 3.47. The zero-order valence-electron chi connectivity index (χ0n) is 8.74. The quantitative estimate of drug-likeness (QED) is 0.742. The molecule has 0 atom stereocenters. The Morgan fingerprint density at radius 3 is 2.64 bits per heavy atom. The van der Waals surface area contributed by atoms with Gasteiger partial charge in [0.15, 0.2) is 0 Å². The summed E-state index contributed by atoms with van der Waals surface area (Å²) in [5, 5.41) is 0. The second-order valence-electron chi connectivity index (χ2n) is 3.19. The van der Waals surface area contributed by atoms with Crippen LogP contribution in [0.25, 0.3) is 0 Å². The first-order chi connectivity index (χ1) is 6.09. The van der Waals surface area contributed by atoms with Crippen molar-refractivity contribution in [1.29, 1.82) is 0 Å². The van der Waals surface area contributed by atoms with E-state index in [0.29, 0.717) is 6.42 Å². The number of aromatic nitrogens is 1. The molecule has 0 spiro atoms. The minimum atomic E-state index is 0. The Balaban J connectivity index is 0.00000169. The summed E-state index contributed by atoms with van der Waals surface area (Å²) in [5.41, 5.74) is 1.75. The Morgan fingerprint density at radius 2 is 2.21 bits per heavy atom. The van der Waals surface area contributed by atoms with E-state index in [9.17, 15) is 4.79 Å². The average molecular weight is 266 g/mol. The van der Waals surface area contributed by atoms with Crippen molar-refractivity contribution >= 4 is 5.91 Å². The van der Waals surface area contributed by atoms with Gasteiger partial charge in [-0.3, -0.25) is 4.79 Å². The molecule has 0 aliphatic rings. The molecule has 0 aliphatic carbocycles. The van der Waals surface area contributed by atoms with Crippen LogP contribution in [0.15, 0.2) is 12.3 Å². The molecule has 1 radical (unpaired) electrons. The fraction of sp³-hybridized carbons (Fsp3) is 0.400. The maximum atomic E-state index is 11.3. The van der Waals surface area contributed by atoms with E-state index in [1.165, 1.54) is 0 Å². The number of amides is 1. The van der Waals surface area contributed by atoms with Crippen molar-refractivity contribution in [3.63, 3.8) is 0 Å². The van der Waals surface area contributed by atoms with Crippen molar-refractivity contribution in [2.75, 3.05) is 14.1 Å². The predicted octanol–water partition coefficient (Wildman–Crippen LogP) is 0.818. The second-order valence-corrected chi connectivity index (χ2v) is 3.19. The molecule has 0 unspecified atom stereocenters. The Labute approximate surface area is 110 Å². The molecule has 0 bridgehead atoms. The number of likely N-dealkylation sites (N-methyl/N-ethyl adjacent to an activating group) is 1. The van der Waals surface area contributed by atoms with E-state index in [1.54, 1.807) is 31.3 Å². The van der Waals surface area contributed by atoms with Gasteiger partial charge in [-0.1, -0.05) is 18.8 Å². The van der Waals surface area contributed by atoms with Crippen molar-refractivity contribution in [2.45, 2.75) is 13.3 Å². The first-order valence-electron chi connectivity index (χ1n) is 4.13. The minimum absolute atomic E-state index is 0. The molecule has 0 N–H and O–H groups in total. The normalized spacial score (nSPS) is 9.07. The van der Waals surface area contributed by atoms with Crippen LogP contribution in [0.5, 0.6) is 0 Å². The number of pyridine rings is 1. The Bertz CT molecular complexity index is 295. The maximum absolute atomic E-state index is 11.3. The van der Waals surface area contributed by atoms with Crippen LogP contribution in [0.3, 0.4) is 0 Å². The van der Waals surface area contributed by atoms with Gasteiger partial charge in [0.2, 0.25) is 5.91 Å². The molecule has 1 aromatic rings. The third-order valence-corrected chi connectivity index (χ3v) is 1.72. The smallest absolute Gasteiger partial charge is 0.216 e. The topological polar surface area (TPSA) is 33.2 Å². The summed E-state index contributed by atoms with van der Waals surface area (Å²) in [6, 6.07) is 4.77. The molecule has 0 saturated carbocycles. The molecular weight excluding hydrogens is 253 g/mol. The number of aryl methyl sites for hydroxylation is 1. The third-order valence-electron chi connectivity index (χ3n) is 1.72. The van der Waals surface area contributed by atoms with E-state index in [1.807, 2.05) is 6.92 Å². The number of rotatable bonds is 2. The van der Waals surface area contributed by atoms with E-state index in [2.05, 4.69) is 11.1 Å². The second kappa shape index (κ2) is 6.25. The summed E-state index contributed by atoms with van der Waals surface area (Å²) < 4.78 is 0.